The van der Waals surface area contributed by atoms with E-state index in [0.29, 0.717) is 24.1 Å². The summed E-state index contributed by atoms with van der Waals surface area (Å²) in [5, 5.41) is 11.0. The summed E-state index contributed by atoms with van der Waals surface area (Å²) in [6, 6.07) is 12.3. The van der Waals surface area contributed by atoms with Crippen molar-refractivity contribution >= 4 is 28.7 Å². The van der Waals surface area contributed by atoms with Gasteiger partial charge in [-0.15, -0.1) is 5.10 Å². The first-order chi connectivity index (χ1) is 19.5. The normalized spacial score (nSPS) is 18.9. The van der Waals surface area contributed by atoms with E-state index in [9.17, 15) is 9.18 Å². The van der Waals surface area contributed by atoms with E-state index in [1.165, 1.54) is 18.5 Å². The molecule has 3 heterocycles. The fourth-order valence-corrected chi connectivity index (χ4v) is 5.25. The summed E-state index contributed by atoms with van der Waals surface area (Å²) in [5.74, 6) is 0.340. The first-order valence-electron chi connectivity index (χ1n) is 13.7. The number of anilines is 3. The summed E-state index contributed by atoms with van der Waals surface area (Å²) >= 11 is 0. The third-order valence-electron chi connectivity index (χ3n) is 7.63. The van der Waals surface area contributed by atoms with Gasteiger partial charge < -0.3 is 26.0 Å². The van der Waals surface area contributed by atoms with Gasteiger partial charge in [-0.05, 0) is 62.3 Å². The van der Waals surface area contributed by atoms with E-state index < -0.39 is 11.7 Å². The molecule has 0 saturated heterocycles. The maximum Gasteiger partial charge on any atom is 0.276 e. The summed E-state index contributed by atoms with van der Waals surface area (Å²) in [6.45, 7) is 0.669. The molecule has 1 amide bonds. The van der Waals surface area contributed by atoms with Crippen LogP contribution in [-0.4, -0.2) is 50.7 Å². The minimum atomic E-state index is -0.615. The molecule has 0 atom stereocenters. The molecule has 3 aromatic heterocycles. The summed E-state index contributed by atoms with van der Waals surface area (Å²) in [7, 11) is 1.66. The fraction of sp³-hybridized carbons (Fsp3) is 0.379. The number of amides is 1. The molecule has 0 unspecified atom stereocenters. The molecular formula is C29H33FN8O2. The average molecular weight is 545 g/mol. The lowest BCUT2D eigenvalue weighted by Gasteiger charge is -2.29. The number of imidazole rings is 1. The molecule has 2 fully saturated rings. The van der Waals surface area contributed by atoms with Crippen LogP contribution in [0.15, 0.2) is 55.0 Å². The highest BCUT2D eigenvalue weighted by molar-refractivity contribution is 6.03. The van der Waals surface area contributed by atoms with Gasteiger partial charge in [0.15, 0.2) is 17.2 Å². The number of benzene rings is 1. The second-order valence-electron chi connectivity index (χ2n) is 10.6. The predicted octanol–water partition coefficient (Wildman–Crippen LogP) is 4.38. The van der Waals surface area contributed by atoms with Gasteiger partial charge in [0.05, 0.1) is 30.9 Å². The highest BCUT2D eigenvalue weighted by Crippen LogP contribution is 2.37. The number of carbonyl (C=O) groups is 1. The predicted molar refractivity (Wildman–Crippen MR) is 151 cm³/mol. The van der Waals surface area contributed by atoms with Crippen LogP contribution in [0.5, 0.6) is 5.75 Å². The molecule has 40 heavy (non-hydrogen) atoms. The molecule has 1 aromatic carbocycles. The average Bonchev–Trinajstić information content (AvgIpc) is 3.72. The largest absolute Gasteiger partial charge is 0.497 e. The number of ether oxygens (including phenoxy) is 1. The van der Waals surface area contributed by atoms with Crippen LogP contribution in [0.3, 0.4) is 0 Å². The van der Waals surface area contributed by atoms with Gasteiger partial charge in [-0.25, -0.2) is 13.9 Å². The zero-order chi connectivity index (χ0) is 27.6. The van der Waals surface area contributed by atoms with Crippen LogP contribution >= 0.6 is 0 Å². The minimum Gasteiger partial charge on any atom is -0.497 e. The molecule has 0 spiro atoms. The van der Waals surface area contributed by atoms with Gasteiger partial charge in [0, 0.05) is 36.9 Å². The maximum absolute atomic E-state index is 14.2. The van der Waals surface area contributed by atoms with E-state index in [4.69, 9.17) is 15.6 Å². The van der Waals surface area contributed by atoms with Gasteiger partial charge in [-0.2, -0.15) is 0 Å². The molecule has 4 N–H and O–H groups in total. The van der Waals surface area contributed by atoms with Crippen molar-refractivity contribution in [2.45, 2.75) is 63.2 Å². The number of carbonyl (C=O) groups excluding carboxylic acids is 1. The number of rotatable bonds is 9. The number of aromatic nitrogens is 4. The Morgan fingerprint density at radius 3 is 2.60 bits per heavy atom. The van der Waals surface area contributed by atoms with Gasteiger partial charge >= 0.3 is 0 Å². The van der Waals surface area contributed by atoms with Gasteiger partial charge in [0.2, 0.25) is 0 Å². The first-order valence-corrected chi connectivity index (χ1v) is 13.7. The molecule has 2 aliphatic rings. The topological polar surface area (TPSA) is 123 Å². The van der Waals surface area contributed by atoms with Crippen LogP contribution < -0.4 is 26.0 Å². The molecule has 6 rings (SSSR count). The van der Waals surface area contributed by atoms with E-state index in [2.05, 4.69) is 37.6 Å². The number of fused-ring (bicyclic) bond motifs is 1. The van der Waals surface area contributed by atoms with E-state index in [-0.39, 0.29) is 23.5 Å². The first kappa shape index (κ1) is 26.0. The number of nitrogens with one attached hydrogen (secondary N) is 2. The summed E-state index contributed by atoms with van der Waals surface area (Å²) in [5.41, 5.74) is 8.97. The van der Waals surface area contributed by atoms with Crippen molar-refractivity contribution in [2.24, 2.45) is 5.73 Å². The summed E-state index contributed by atoms with van der Waals surface area (Å²) < 4.78 is 21.1. The van der Waals surface area contributed by atoms with Gasteiger partial charge in [0.25, 0.3) is 5.91 Å². The highest BCUT2D eigenvalue weighted by atomic mass is 19.1. The van der Waals surface area contributed by atoms with Gasteiger partial charge in [-0.1, -0.05) is 12.1 Å². The van der Waals surface area contributed by atoms with Crippen molar-refractivity contribution in [2.75, 3.05) is 22.6 Å². The number of nitrogens with zero attached hydrogens (tertiary/aromatic N) is 5. The minimum absolute atomic E-state index is 0.0436. The highest BCUT2D eigenvalue weighted by Gasteiger charge is 2.32. The zero-order valence-corrected chi connectivity index (χ0v) is 22.4. The molecule has 2 saturated carbocycles. The number of pyridine rings is 1. The Labute approximate surface area is 231 Å². The lowest BCUT2D eigenvalue weighted by Crippen LogP contribution is -2.33. The van der Waals surface area contributed by atoms with Gasteiger partial charge in [0.1, 0.15) is 11.6 Å². The summed E-state index contributed by atoms with van der Waals surface area (Å²) in [4.78, 5) is 24.0. The Hall–Kier alpha value is -4.25. The van der Waals surface area contributed by atoms with E-state index in [1.54, 1.807) is 11.6 Å². The Balaban J connectivity index is 1.38. The quantitative estimate of drug-likeness (QED) is 0.284. The van der Waals surface area contributed by atoms with Crippen LogP contribution in [0.1, 0.15) is 54.6 Å². The molecule has 2 aliphatic carbocycles. The Kier molecular flexibility index (Phi) is 7.21. The molecule has 11 heteroatoms. The molecule has 0 radical (unpaired) electrons. The van der Waals surface area contributed by atoms with Crippen LogP contribution in [0.4, 0.5) is 21.6 Å². The molecule has 0 aliphatic heterocycles. The lowest BCUT2D eigenvalue weighted by molar-refractivity contribution is 0.102. The number of hydrogen-bond donors (Lipinski definition) is 3. The number of nitrogens with two attached hydrogens (primary N) is 1. The van der Waals surface area contributed by atoms with Crippen molar-refractivity contribution in [3.05, 3.63) is 72.1 Å². The molecule has 208 valence electrons. The molecule has 4 aromatic rings. The van der Waals surface area contributed by atoms with Crippen molar-refractivity contribution in [1.29, 1.82) is 0 Å². The second kappa shape index (κ2) is 11.1. The lowest BCUT2D eigenvalue weighted by atomic mass is 9.92. The van der Waals surface area contributed by atoms with Crippen molar-refractivity contribution < 1.29 is 13.9 Å². The smallest absolute Gasteiger partial charge is 0.276 e. The molecule has 0 bridgehead atoms. The summed E-state index contributed by atoms with van der Waals surface area (Å²) in [6.07, 6.45) is 9.93. The van der Waals surface area contributed by atoms with E-state index in [1.807, 2.05) is 18.2 Å². The van der Waals surface area contributed by atoms with Crippen LogP contribution in [-0.2, 0) is 6.54 Å². The zero-order valence-electron chi connectivity index (χ0n) is 22.4. The Morgan fingerprint density at radius 1 is 1.12 bits per heavy atom. The molecular weight excluding hydrogens is 511 g/mol. The monoisotopic (exact) mass is 544 g/mol. The standard InChI is InChI=1S/C29H33FN8O2/c1-40-22-10-2-18(3-11-22)17-37(21-8-9-21)25-14-27(34-20-6-4-19(31)5-7-20)36-38-26(16-33-28(25)38)29(39)35-24-12-13-32-15-23(24)30/h2-3,10-16,19-21H,4-9,17,31H2,1H3,(H,34,36)(H,32,35,39)/t19-,20-. The van der Waals surface area contributed by atoms with Crippen LogP contribution in [0.25, 0.3) is 5.65 Å². The van der Waals surface area contributed by atoms with E-state index in [0.717, 1.165) is 61.7 Å². The maximum atomic E-state index is 14.2. The van der Waals surface area contributed by atoms with E-state index >= 15 is 0 Å². The van der Waals surface area contributed by atoms with Crippen LogP contribution in [0.2, 0.25) is 0 Å². The third kappa shape index (κ3) is 5.55. The third-order valence-corrected chi connectivity index (χ3v) is 7.63. The number of methoxy groups -OCH3 is 1. The fourth-order valence-electron chi connectivity index (χ4n) is 5.25. The van der Waals surface area contributed by atoms with Crippen molar-refractivity contribution in [3.63, 3.8) is 0 Å². The van der Waals surface area contributed by atoms with Gasteiger partial charge in [-0.3, -0.25) is 9.78 Å². The van der Waals surface area contributed by atoms with Crippen molar-refractivity contribution in [1.82, 2.24) is 19.6 Å². The Morgan fingerprint density at radius 2 is 1.90 bits per heavy atom. The number of hydrogen-bond acceptors (Lipinski definition) is 8. The SMILES string of the molecule is COc1ccc(CN(c2cc(N[C@H]3CC[C@H](N)CC3)nn3c(C(=O)Nc4ccncc4F)cnc23)C2CC2)cc1. The van der Waals surface area contributed by atoms with Crippen molar-refractivity contribution in [3.8, 4) is 5.75 Å². The molecule has 10 nitrogen and oxygen atoms in total. The second-order valence-corrected chi connectivity index (χ2v) is 10.6. The van der Waals surface area contributed by atoms with Crippen LogP contribution in [0, 0.1) is 5.82 Å². The Bertz CT molecular complexity index is 1500. The number of halogens is 1.